The Labute approximate surface area is 252 Å². The van der Waals surface area contributed by atoms with Gasteiger partial charge < -0.3 is 4.74 Å². The Kier molecular flexibility index (Phi) is 34.2. The van der Waals surface area contributed by atoms with Crippen LogP contribution in [0.5, 0.6) is 0 Å². The van der Waals surface area contributed by atoms with Crippen LogP contribution in [-0.4, -0.2) is 7.11 Å². The van der Waals surface area contributed by atoms with Crippen molar-refractivity contribution in [3.8, 4) is 0 Å². The molecule has 0 aliphatic rings. The molecule has 1 heteroatoms. The third-order valence-corrected chi connectivity index (χ3v) is 7.68. The van der Waals surface area contributed by atoms with Crippen LogP contribution in [-0.2, 0) is 4.74 Å². The minimum absolute atomic E-state index is 1.11. The van der Waals surface area contributed by atoms with Gasteiger partial charge >= 0.3 is 0 Å². The second-order valence-corrected chi connectivity index (χ2v) is 11.7. The first-order valence-electron chi connectivity index (χ1n) is 17.7. The van der Waals surface area contributed by atoms with Crippen LogP contribution in [0.25, 0.3) is 0 Å². The number of ether oxygens (including phenoxy) is 1. The summed E-state index contributed by atoms with van der Waals surface area (Å²) in [6.07, 6.45) is 54.9. The first kappa shape index (κ1) is 38.5. The third-order valence-electron chi connectivity index (χ3n) is 7.68. The van der Waals surface area contributed by atoms with Crippen molar-refractivity contribution in [2.75, 3.05) is 7.11 Å². The Bertz CT molecular complexity index is 571. The van der Waals surface area contributed by atoms with Crippen molar-refractivity contribution in [3.05, 3.63) is 60.4 Å². The summed E-state index contributed by atoms with van der Waals surface area (Å²) in [6, 6.07) is 0. The van der Waals surface area contributed by atoms with E-state index in [-0.39, 0.29) is 0 Å². The van der Waals surface area contributed by atoms with Crippen LogP contribution in [0.1, 0.15) is 181 Å². The van der Waals surface area contributed by atoms with Gasteiger partial charge in [-0.2, -0.15) is 0 Å². The highest BCUT2D eigenvalue weighted by Gasteiger charge is 2.00. The molecule has 0 heterocycles. The number of hydrogen-bond donors (Lipinski definition) is 0. The van der Waals surface area contributed by atoms with Crippen LogP contribution in [0.2, 0.25) is 0 Å². The van der Waals surface area contributed by atoms with Crippen molar-refractivity contribution in [3.63, 3.8) is 0 Å². The van der Waals surface area contributed by atoms with E-state index < -0.39 is 0 Å². The van der Waals surface area contributed by atoms with Crippen LogP contribution >= 0.6 is 0 Å². The molecule has 0 rings (SSSR count). The van der Waals surface area contributed by atoms with Crippen LogP contribution in [0.3, 0.4) is 0 Å². The van der Waals surface area contributed by atoms with Gasteiger partial charge in [0.2, 0.25) is 0 Å². The molecule has 0 aliphatic carbocycles. The molecule has 0 spiro atoms. The van der Waals surface area contributed by atoms with Gasteiger partial charge in [0.25, 0.3) is 0 Å². The molecule has 0 aromatic rings. The molecule has 0 unspecified atom stereocenters. The topological polar surface area (TPSA) is 9.23 Å². The van der Waals surface area contributed by atoms with Crippen molar-refractivity contribution in [1.29, 1.82) is 0 Å². The maximum Gasteiger partial charge on any atom is 0.0816 e. The zero-order valence-electron chi connectivity index (χ0n) is 27.5. The minimum Gasteiger partial charge on any atom is -0.504 e. The van der Waals surface area contributed by atoms with E-state index in [1.54, 1.807) is 7.11 Å². The number of allylic oxidation sites excluding steroid dienone is 9. The van der Waals surface area contributed by atoms with E-state index in [2.05, 4.69) is 62.5 Å². The lowest BCUT2D eigenvalue weighted by atomic mass is 10.00. The second-order valence-electron chi connectivity index (χ2n) is 11.7. The lowest BCUT2D eigenvalue weighted by molar-refractivity contribution is 0.330. The lowest BCUT2D eigenvalue weighted by Gasteiger charge is -2.08. The molecule has 0 radical (unpaired) electrons. The normalized spacial score (nSPS) is 12.1. The quantitative estimate of drug-likeness (QED) is 0.0470. The minimum atomic E-state index is 1.11. The zero-order chi connectivity index (χ0) is 29.0. The highest BCUT2D eigenvalue weighted by molar-refractivity contribution is 4.98. The standard InChI is InChI=1S/C39H70O/c1-4-6-8-10-12-14-16-18-20-22-24-26-28-30-32-34-36-39(38-40-3)37-35-33-31-29-27-25-23-21-19-17-15-13-11-9-7-5-2/h12-15,18-21,38H,4-11,16-17,22-37H2,1-3H3. The fraction of sp³-hybridized carbons (Fsp3) is 0.744. The van der Waals surface area contributed by atoms with Crippen molar-refractivity contribution < 1.29 is 4.74 Å². The summed E-state index contributed by atoms with van der Waals surface area (Å²) >= 11 is 0. The molecule has 1 nitrogen and oxygen atoms in total. The molecular formula is C39H70O. The van der Waals surface area contributed by atoms with Crippen LogP contribution in [0, 0.1) is 0 Å². The van der Waals surface area contributed by atoms with Crippen molar-refractivity contribution in [2.24, 2.45) is 0 Å². The van der Waals surface area contributed by atoms with Gasteiger partial charge in [-0.1, -0.05) is 140 Å². The van der Waals surface area contributed by atoms with E-state index in [0.717, 1.165) is 12.8 Å². The summed E-state index contributed by atoms with van der Waals surface area (Å²) in [5, 5.41) is 0. The van der Waals surface area contributed by atoms with E-state index in [1.165, 1.54) is 160 Å². The first-order chi connectivity index (χ1) is 19.8. The summed E-state index contributed by atoms with van der Waals surface area (Å²) in [5.74, 6) is 0. The average Bonchev–Trinajstić information content (AvgIpc) is 2.96. The Balaban J connectivity index is 3.53. The van der Waals surface area contributed by atoms with Crippen LogP contribution < -0.4 is 0 Å². The monoisotopic (exact) mass is 555 g/mol. The molecule has 0 aliphatic heterocycles. The van der Waals surface area contributed by atoms with E-state index in [1.807, 2.05) is 6.26 Å². The predicted octanol–water partition coefficient (Wildman–Crippen LogP) is 13.9. The van der Waals surface area contributed by atoms with Gasteiger partial charge in [-0.3, -0.25) is 0 Å². The number of unbranched alkanes of at least 4 members (excludes halogenated alkanes) is 18. The van der Waals surface area contributed by atoms with Crippen molar-refractivity contribution >= 4 is 0 Å². The van der Waals surface area contributed by atoms with Gasteiger partial charge in [0.15, 0.2) is 0 Å². The van der Waals surface area contributed by atoms with Gasteiger partial charge in [0.1, 0.15) is 0 Å². The summed E-state index contributed by atoms with van der Waals surface area (Å²) in [7, 11) is 1.80. The van der Waals surface area contributed by atoms with Crippen LogP contribution in [0.4, 0.5) is 0 Å². The van der Waals surface area contributed by atoms with E-state index in [0.29, 0.717) is 0 Å². The third kappa shape index (κ3) is 32.7. The first-order valence-corrected chi connectivity index (χ1v) is 17.7. The number of rotatable bonds is 31. The largest absolute Gasteiger partial charge is 0.504 e. The molecule has 0 amide bonds. The van der Waals surface area contributed by atoms with Crippen LogP contribution in [0.15, 0.2) is 60.4 Å². The summed E-state index contributed by atoms with van der Waals surface area (Å²) < 4.78 is 5.38. The summed E-state index contributed by atoms with van der Waals surface area (Å²) in [4.78, 5) is 0. The van der Waals surface area contributed by atoms with Gasteiger partial charge in [-0.15, -0.1) is 0 Å². The average molecular weight is 555 g/mol. The molecule has 0 bridgehead atoms. The van der Waals surface area contributed by atoms with E-state index in [9.17, 15) is 0 Å². The molecule has 0 aromatic carbocycles. The van der Waals surface area contributed by atoms with Gasteiger partial charge in [0.05, 0.1) is 13.4 Å². The Morgan fingerprint density at radius 2 is 0.725 bits per heavy atom. The molecule has 0 fully saturated rings. The Morgan fingerprint density at radius 1 is 0.400 bits per heavy atom. The Hall–Kier alpha value is -1.50. The molecule has 0 N–H and O–H groups in total. The molecular weight excluding hydrogens is 484 g/mol. The van der Waals surface area contributed by atoms with Crippen molar-refractivity contribution in [1.82, 2.24) is 0 Å². The van der Waals surface area contributed by atoms with E-state index in [4.69, 9.17) is 4.74 Å². The molecule has 40 heavy (non-hydrogen) atoms. The zero-order valence-corrected chi connectivity index (χ0v) is 27.5. The second kappa shape index (κ2) is 35.5. The molecule has 232 valence electrons. The fourth-order valence-electron chi connectivity index (χ4n) is 5.09. The fourth-order valence-corrected chi connectivity index (χ4v) is 5.09. The SMILES string of the molecule is CCCCCC=CCC=CCCCCCCCCC(=COC)CCCCCCCCC=CCC=CCCCCC. The van der Waals surface area contributed by atoms with Crippen molar-refractivity contribution in [2.45, 2.75) is 181 Å². The molecule has 0 saturated heterocycles. The van der Waals surface area contributed by atoms with Gasteiger partial charge in [-0.05, 0) is 95.5 Å². The van der Waals surface area contributed by atoms with E-state index >= 15 is 0 Å². The Morgan fingerprint density at radius 3 is 1.07 bits per heavy atom. The summed E-state index contributed by atoms with van der Waals surface area (Å²) in [6.45, 7) is 4.53. The highest BCUT2D eigenvalue weighted by Crippen LogP contribution is 2.19. The smallest absolute Gasteiger partial charge is 0.0816 e. The molecule has 0 atom stereocenters. The maximum absolute atomic E-state index is 5.38. The lowest BCUT2D eigenvalue weighted by Crippen LogP contribution is -1.89. The molecule has 0 saturated carbocycles. The highest BCUT2D eigenvalue weighted by atomic mass is 16.5. The predicted molar refractivity (Wildman–Crippen MR) is 183 cm³/mol. The molecule has 0 aromatic heterocycles. The summed E-state index contributed by atoms with van der Waals surface area (Å²) in [5.41, 5.74) is 1.52. The number of methoxy groups -OCH3 is 1. The maximum atomic E-state index is 5.38. The van der Waals surface area contributed by atoms with Gasteiger partial charge in [-0.25, -0.2) is 0 Å². The van der Waals surface area contributed by atoms with Gasteiger partial charge in [0, 0.05) is 0 Å². The number of hydrogen-bond acceptors (Lipinski definition) is 1.